The van der Waals surface area contributed by atoms with Gasteiger partial charge in [0, 0.05) is 5.69 Å². The molecule has 140 valence electrons. The Kier molecular flexibility index (Phi) is 5.73. The fourth-order valence-electron chi connectivity index (χ4n) is 2.68. The number of ether oxygens (including phenoxy) is 1. The Bertz CT molecular complexity index is 979. The Balaban J connectivity index is 1.77. The summed E-state index contributed by atoms with van der Waals surface area (Å²) in [4.78, 5) is 12.6. The SMILES string of the molecule is Cc1cc(C)cc(OCc2c(C(=O)Nc3ccc(Cl)c(Cl)c3)noc2C)c1. The van der Waals surface area contributed by atoms with E-state index in [0.717, 1.165) is 16.9 Å². The first-order valence-electron chi connectivity index (χ1n) is 8.26. The zero-order valence-corrected chi connectivity index (χ0v) is 16.6. The third kappa shape index (κ3) is 4.62. The molecule has 1 N–H and O–H groups in total. The second-order valence-electron chi connectivity index (χ2n) is 6.26. The van der Waals surface area contributed by atoms with Crippen molar-refractivity contribution in [2.75, 3.05) is 5.32 Å². The standard InChI is InChI=1S/C20H18Cl2N2O3/c1-11-6-12(2)8-15(7-11)26-10-16-13(3)27-24-19(16)20(25)23-14-4-5-17(21)18(22)9-14/h4-9H,10H2,1-3H3,(H,23,25). The molecule has 0 radical (unpaired) electrons. The first kappa shape index (κ1) is 19.3. The normalized spacial score (nSPS) is 10.7. The highest BCUT2D eigenvalue weighted by Gasteiger charge is 2.21. The third-order valence-corrected chi connectivity index (χ3v) is 4.69. The van der Waals surface area contributed by atoms with E-state index in [2.05, 4.69) is 16.5 Å². The maximum absolute atomic E-state index is 12.6. The highest BCUT2D eigenvalue weighted by Crippen LogP contribution is 2.26. The molecule has 0 spiro atoms. The van der Waals surface area contributed by atoms with Gasteiger partial charge in [-0.05, 0) is 62.2 Å². The van der Waals surface area contributed by atoms with Gasteiger partial charge in [-0.3, -0.25) is 4.79 Å². The molecule has 0 fully saturated rings. The van der Waals surface area contributed by atoms with E-state index in [4.69, 9.17) is 32.5 Å². The average Bonchev–Trinajstić information content (AvgIpc) is 2.96. The predicted octanol–water partition coefficient (Wildman–Crippen LogP) is 5.74. The molecule has 7 heteroatoms. The number of halogens is 2. The number of aromatic nitrogens is 1. The molecule has 1 aromatic heterocycles. The lowest BCUT2D eigenvalue weighted by Gasteiger charge is -2.09. The van der Waals surface area contributed by atoms with Gasteiger partial charge in [0.05, 0.1) is 15.6 Å². The van der Waals surface area contributed by atoms with E-state index in [9.17, 15) is 4.79 Å². The fourth-order valence-corrected chi connectivity index (χ4v) is 2.97. The van der Waals surface area contributed by atoms with Gasteiger partial charge in [0.2, 0.25) is 0 Å². The van der Waals surface area contributed by atoms with E-state index >= 15 is 0 Å². The zero-order valence-electron chi connectivity index (χ0n) is 15.1. The fraction of sp³-hybridized carbons (Fsp3) is 0.200. The Morgan fingerprint density at radius 2 is 1.78 bits per heavy atom. The number of benzene rings is 2. The van der Waals surface area contributed by atoms with Gasteiger partial charge in [0.15, 0.2) is 5.69 Å². The highest BCUT2D eigenvalue weighted by atomic mass is 35.5. The van der Waals surface area contributed by atoms with Gasteiger partial charge in [-0.15, -0.1) is 0 Å². The Labute approximate surface area is 167 Å². The van der Waals surface area contributed by atoms with Crippen molar-refractivity contribution in [3.63, 3.8) is 0 Å². The highest BCUT2D eigenvalue weighted by molar-refractivity contribution is 6.42. The van der Waals surface area contributed by atoms with Crippen molar-refractivity contribution >= 4 is 34.8 Å². The monoisotopic (exact) mass is 404 g/mol. The van der Waals surface area contributed by atoms with Crippen LogP contribution in [0.4, 0.5) is 5.69 Å². The quantitative estimate of drug-likeness (QED) is 0.588. The van der Waals surface area contributed by atoms with Crippen LogP contribution in [0.25, 0.3) is 0 Å². The predicted molar refractivity (Wildman–Crippen MR) is 106 cm³/mol. The number of amides is 1. The molecule has 0 bridgehead atoms. The van der Waals surface area contributed by atoms with Crippen molar-refractivity contribution < 1.29 is 14.1 Å². The maximum Gasteiger partial charge on any atom is 0.278 e. The van der Waals surface area contributed by atoms with Crippen molar-refractivity contribution in [1.82, 2.24) is 5.16 Å². The smallest absolute Gasteiger partial charge is 0.278 e. The van der Waals surface area contributed by atoms with Crippen LogP contribution in [0.5, 0.6) is 5.75 Å². The van der Waals surface area contributed by atoms with Gasteiger partial charge in [-0.2, -0.15) is 0 Å². The molecule has 2 aromatic carbocycles. The number of aryl methyl sites for hydroxylation is 3. The van der Waals surface area contributed by atoms with E-state index in [1.165, 1.54) is 0 Å². The van der Waals surface area contributed by atoms with Crippen LogP contribution in [0, 0.1) is 20.8 Å². The molecule has 0 aliphatic heterocycles. The van der Waals surface area contributed by atoms with Gasteiger partial charge in [0.25, 0.3) is 5.91 Å². The van der Waals surface area contributed by atoms with Gasteiger partial charge in [-0.25, -0.2) is 0 Å². The molecule has 27 heavy (non-hydrogen) atoms. The molecular formula is C20H18Cl2N2O3. The molecule has 0 saturated heterocycles. The molecule has 0 aliphatic carbocycles. The van der Waals surface area contributed by atoms with E-state index in [-0.39, 0.29) is 12.3 Å². The maximum atomic E-state index is 12.6. The first-order valence-corrected chi connectivity index (χ1v) is 9.01. The number of hydrogen-bond donors (Lipinski definition) is 1. The Morgan fingerprint density at radius 3 is 2.44 bits per heavy atom. The van der Waals surface area contributed by atoms with Crippen molar-refractivity contribution in [2.45, 2.75) is 27.4 Å². The van der Waals surface area contributed by atoms with Crippen LogP contribution in [-0.2, 0) is 6.61 Å². The van der Waals surface area contributed by atoms with Crippen LogP contribution < -0.4 is 10.1 Å². The minimum absolute atomic E-state index is 0.169. The van der Waals surface area contributed by atoms with Crippen LogP contribution in [0.2, 0.25) is 10.0 Å². The van der Waals surface area contributed by atoms with Gasteiger partial charge >= 0.3 is 0 Å². The first-order chi connectivity index (χ1) is 12.8. The summed E-state index contributed by atoms with van der Waals surface area (Å²) in [6.07, 6.45) is 0. The lowest BCUT2D eigenvalue weighted by Crippen LogP contribution is -2.15. The van der Waals surface area contributed by atoms with E-state index in [1.54, 1.807) is 25.1 Å². The summed E-state index contributed by atoms with van der Waals surface area (Å²) in [6.45, 7) is 5.91. The number of carbonyl (C=O) groups is 1. The zero-order chi connectivity index (χ0) is 19.6. The Hall–Kier alpha value is -2.50. The van der Waals surface area contributed by atoms with Crippen LogP contribution in [0.15, 0.2) is 40.9 Å². The van der Waals surface area contributed by atoms with E-state index in [0.29, 0.717) is 27.1 Å². The average molecular weight is 405 g/mol. The van der Waals surface area contributed by atoms with E-state index in [1.807, 2.05) is 26.0 Å². The largest absolute Gasteiger partial charge is 0.489 e. The Morgan fingerprint density at radius 1 is 1.07 bits per heavy atom. The minimum atomic E-state index is -0.413. The van der Waals surface area contributed by atoms with Gasteiger partial charge in [-0.1, -0.05) is 34.4 Å². The summed E-state index contributed by atoms with van der Waals surface area (Å²) in [6, 6.07) is 10.8. The van der Waals surface area contributed by atoms with Crippen LogP contribution in [-0.4, -0.2) is 11.1 Å². The summed E-state index contributed by atoms with van der Waals surface area (Å²) in [5, 5.41) is 7.37. The van der Waals surface area contributed by atoms with Crippen molar-refractivity contribution in [3.8, 4) is 5.75 Å². The van der Waals surface area contributed by atoms with Crippen LogP contribution >= 0.6 is 23.2 Å². The summed E-state index contributed by atoms with van der Waals surface area (Å²) in [5.74, 6) is 0.840. The van der Waals surface area contributed by atoms with Crippen LogP contribution in [0.3, 0.4) is 0 Å². The minimum Gasteiger partial charge on any atom is -0.489 e. The van der Waals surface area contributed by atoms with Crippen molar-refractivity contribution in [1.29, 1.82) is 0 Å². The number of carbonyl (C=O) groups excluding carboxylic acids is 1. The number of rotatable bonds is 5. The second kappa shape index (κ2) is 8.03. The van der Waals surface area contributed by atoms with E-state index < -0.39 is 5.91 Å². The molecule has 3 rings (SSSR count). The number of nitrogens with one attached hydrogen (secondary N) is 1. The third-order valence-electron chi connectivity index (χ3n) is 3.96. The molecule has 0 saturated carbocycles. The molecule has 1 heterocycles. The number of anilines is 1. The molecule has 5 nitrogen and oxygen atoms in total. The van der Waals surface area contributed by atoms with Gasteiger partial charge in [0.1, 0.15) is 18.1 Å². The summed E-state index contributed by atoms with van der Waals surface area (Å²) >= 11 is 11.9. The molecule has 0 unspecified atom stereocenters. The summed E-state index contributed by atoms with van der Waals surface area (Å²) in [5.41, 5.74) is 3.47. The number of hydrogen-bond acceptors (Lipinski definition) is 4. The lowest BCUT2D eigenvalue weighted by molar-refractivity contribution is 0.101. The summed E-state index contributed by atoms with van der Waals surface area (Å²) in [7, 11) is 0. The molecule has 1 amide bonds. The molecule has 0 atom stereocenters. The van der Waals surface area contributed by atoms with Crippen LogP contribution in [0.1, 0.15) is 32.9 Å². The number of nitrogens with zero attached hydrogens (tertiary/aromatic N) is 1. The topological polar surface area (TPSA) is 64.4 Å². The molecule has 0 aliphatic rings. The van der Waals surface area contributed by atoms with Crippen molar-refractivity contribution in [3.05, 3.63) is 74.6 Å². The lowest BCUT2D eigenvalue weighted by atomic mass is 10.1. The second-order valence-corrected chi connectivity index (χ2v) is 7.08. The molecule has 3 aromatic rings. The van der Waals surface area contributed by atoms with Gasteiger partial charge < -0.3 is 14.6 Å². The van der Waals surface area contributed by atoms with Crippen molar-refractivity contribution in [2.24, 2.45) is 0 Å². The molecular weight excluding hydrogens is 387 g/mol. The summed E-state index contributed by atoms with van der Waals surface area (Å²) < 4.78 is 11.0.